The molecule has 7 heteroatoms. The Bertz CT molecular complexity index is 683. The van der Waals surface area contributed by atoms with E-state index in [4.69, 9.17) is 4.74 Å². The summed E-state index contributed by atoms with van der Waals surface area (Å²) in [7, 11) is -1.49. The van der Waals surface area contributed by atoms with Crippen LogP contribution < -0.4 is 10.6 Å². The van der Waals surface area contributed by atoms with Gasteiger partial charge < -0.3 is 15.4 Å². The molecule has 0 radical (unpaired) electrons. The summed E-state index contributed by atoms with van der Waals surface area (Å²) < 4.78 is 29.2. The first kappa shape index (κ1) is 20.7. The van der Waals surface area contributed by atoms with Gasteiger partial charge in [-0.15, -0.1) is 0 Å². The summed E-state index contributed by atoms with van der Waals surface area (Å²) in [4.78, 5) is 4.25. The SMILES string of the molecule is CN=C(NCC1(S(C)(=O)=O)CCOCC1)NC(C)CCc1ccccc1. The van der Waals surface area contributed by atoms with Crippen LogP contribution >= 0.6 is 0 Å². The second-order valence-electron chi connectivity index (χ2n) is 7.06. The molecule has 1 unspecified atom stereocenters. The van der Waals surface area contributed by atoms with Crippen LogP contribution in [0.4, 0.5) is 0 Å². The van der Waals surface area contributed by atoms with Gasteiger partial charge in [-0.3, -0.25) is 4.99 Å². The van der Waals surface area contributed by atoms with E-state index in [1.54, 1.807) is 7.05 Å². The van der Waals surface area contributed by atoms with Gasteiger partial charge in [0.05, 0.1) is 4.75 Å². The van der Waals surface area contributed by atoms with E-state index in [-0.39, 0.29) is 6.04 Å². The summed E-state index contributed by atoms with van der Waals surface area (Å²) in [5.74, 6) is 0.639. The van der Waals surface area contributed by atoms with Crippen molar-refractivity contribution in [1.29, 1.82) is 0 Å². The van der Waals surface area contributed by atoms with Crippen LogP contribution in [0.5, 0.6) is 0 Å². The Kier molecular flexibility index (Phi) is 7.46. The largest absolute Gasteiger partial charge is 0.381 e. The summed E-state index contributed by atoms with van der Waals surface area (Å²) in [6.45, 7) is 3.42. The maximum absolute atomic E-state index is 12.3. The highest BCUT2D eigenvalue weighted by molar-refractivity contribution is 7.92. The van der Waals surface area contributed by atoms with Crippen LogP contribution in [-0.2, 0) is 21.0 Å². The van der Waals surface area contributed by atoms with Crippen molar-refractivity contribution in [2.45, 2.75) is 43.4 Å². The van der Waals surface area contributed by atoms with Crippen LogP contribution in [0, 0.1) is 0 Å². The minimum atomic E-state index is -3.19. The molecule has 2 N–H and O–H groups in total. The van der Waals surface area contributed by atoms with Crippen molar-refractivity contribution in [3.8, 4) is 0 Å². The maximum atomic E-state index is 12.3. The summed E-state index contributed by atoms with van der Waals surface area (Å²) >= 11 is 0. The number of hydrogen-bond acceptors (Lipinski definition) is 4. The molecule has 1 atom stereocenters. The minimum absolute atomic E-state index is 0.227. The highest BCUT2D eigenvalue weighted by Crippen LogP contribution is 2.28. The molecule has 0 saturated carbocycles. The fourth-order valence-corrected chi connectivity index (χ4v) is 4.44. The third-order valence-corrected chi connectivity index (χ3v) is 7.21. The van der Waals surface area contributed by atoms with Crippen LogP contribution in [0.1, 0.15) is 31.7 Å². The molecule has 1 aromatic carbocycles. The lowest BCUT2D eigenvalue weighted by molar-refractivity contribution is 0.0756. The minimum Gasteiger partial charge on any atom is -0.381 e. The number of hydrogen-bond donors (Lipinski definition) is 2. The van der Waals surface area contributed by atoms with Crippen molar-refractivity contribution in [1.82, 2.24) is 10.6 Å². The average molecular weight is 382 g/mol. The Hall–Kier alpha value is -1.60. The lowest BCUT2D eigenvalue weighted by atomic mass is 9.99. The monoisotopic (exact) mass is 381 g/mol. The molecule has 0 aromatic heterocycles. The first-order valence-electron chi connectivity index (χ1n) is 9.15. The van der Waals surface area contributed by atoms with Gasteiger partial charge in [-0.2, -0.15) is 0 Å². The van der Waals surface area contributed by atoms with Crippen molar-refractivity contribution >= 4 is 15.8 Å². The van der Waals surface area contributed by atoms with Crippen molar-refractivity contribution in [3.05, 3.63) is 35.9 Å². The van der Waals surface area contributed by atoms with Gasteiger partial charge in [0, 0.05) is 39.1 Å². The van der Waals surface area contributed by atoms with Gasteiger partial charge in [-0.05, 0) is 38.2 Å². The van der Waals surface area contributed by atoms with Gasteiger partial charge in [0.15, 0.2) is 15.8 Å². The molecule has 0 spiro atoms. The Morgan fingerprint density at radius 1 is 1.27 bits per heavy atom. The van der Waals surface area contributed by atoms with E-state index in [0.29, 0.717) is 38.6 Å². The van der Waals surface area contributed by atoms with E-state index in [0.717, 1.165) is 12.8 Å². The lowest BCUT2D eigenvalue weighted by Gasteiger charge is -2.36. The summed E-state index contributed by atoms with van der Waals surface area (Å²) in [6.07, 6.45) is 4.30. The van der Waals surface area contributed by atoms with Crippen molar-refractivity contribution in [3.63, 3.8) is 0 Å². The molecule has 2 rings (SSSR count). The van der Waals surface area contributed by atoms with Crippen molar-refractivity contribution < 1.29 is 13.2 Å². The highest BCUT2D eigenvalue weighted by Gasteiger charge is 2.42. The predicted molar refractivity (Wildman–Crippen MR) is 106 cm³/mol. The number of guanidine groups is 1. The molecule has 1 saturated heterocycles. The first-order chi connectivity index (χ1) is 12.4. The molecule has 1 fully saturated rings. The molecule has 1 aliphatic heterocycles. The fraction of sp³-hybridized carbons (Fsp3) is 0.632. The molecule has 0 bridgehead atoms. The Labute approximate surface area is 157 Å². The first-order valence-corrected chi connectivity index (χ1v) is 11.0. The normalized spacial score (nSPS) is 19.0. The second-order valence-corrected chi connectivity index (χ2v) is 9.47. The maximum Gasteiger partial charge on any atom is 0.191 e. The zero-order valence-electron chi connectivity index (χ0n) is 16.0. The second kappa shape index (κ2) is 9.37. The number of aryl methyl sites for hydroxylation is 1. The molecule has 1 heterocycles. The number of sulfone groups is 1. The van der Waals surface area contributed by atoms with Gasteiger partial charge in [0.2, 0.25) is 0 Å². The van der Waals surface area contributed by atoms with E-state index in [1.165, 1.54) is 11.8 Å². The molecular weight excluding hydrogens is 350 g/mol. The average Bonchev–Trinajstić information content (AvgIpc) is 2.64. The summed E-state index contributed by atoms with van der Waals surface area (Å²) in [5, 5.41) is 6.58. The number of rotatable bonds is 7. The molecule has 1 aromatic rings. The van der Waals surface area contributed by atoms with Crippen LogP contribution in [0.3, 0.4) is 0 Å². The number of aliphatic imine (C=N–C) groups is 1. The molecule has 26 heavy (non-hydrogen) atoms. The Morgan fingerprint density at radius 2 is 1.92 bits per heavy atom. The zero-order valence-corrected chi connectivity index (χ0v) is 16.8. The van der Waals surface area contributed by atoms with Gasteiger partial charge in [0.25, 0.3) is 0 Å². The molecule has 6 nitrogen and oxygen atoms in total. The number of benzene rings is 1. The summed E-state index contributed by atoms with van der Waals surface area (Å²) in [6, 6.07) is 10.6. The van der Waals surface area contributed by atoms with Crippen LogP contribution in [0.25, 0.3) is 0 Å². The van der Waals surface area contributed by atoms with Crippen molar-refractivity contribution in [2.24, 2.45) is 4.99 Å². The number of ether oxygens (including phenoxy) is 1. The highest BCUT2D eigenvalue weighted by atomic mass is 32.2. The third kappa shape index (κ3) is 5.71. The smallest absolute Gasteiger partial charge is 0.191 e. The quantitative estimate of drug-likeness (QED) is 0.556. The molecule has 146 valence electrons. The van der Waals surface area contributed by atoms with E-state index in [1.807, 2.05) is 18.2 Å². The third-order valence-electron chi connectivity index (χ3n) is 5.08. The molecule has 1 aliphatic rings. The lowest BCUT2D eigenvalue weighted by Crippen LogP contribution is -2.54. The number of nitrogens with zero attached hydrogens (tertiary/aromatic N) is 1. The predicted octanol–water partition coefficient (Wildman–Crippen LogP) is 1.77. The van der Waals surface area contributed by atoms with Gasteiger partial charge in [-0.1, -0.05) is 30.3 Å². The van der Waals surface area contributed by atoms with Crippen LogP contribution in [-0.4, -0.2) is 58.2 Å². The van der Waals surface area contributed by atoms with Crippen LogP contribution in [0.2, 0.25) is 0 Å². The van der Waals surface area contributed by atoms with E-state index in [9.17, 15) is 8.42 Å². The van der Waals surface area contributed by atoms with E-state index >= 15 is 0 Å². The molecular formula is C19H31N3O3S. The molecule has 0 amide bonds. The topological polar surface area (TPSA) is 79.8 Å². The van der Waals surface area contributed by atoms with Gasteiger partial charge in [-0.25, -0.2) is 8.42 Å². The number of nitrogens with one attached hydrogen (secondary N) is 2. The Morgan fingerprint density at radius 3 is 2.50 bits per heavy atom. The van der Waals surface area contributed by atoms with Gasteiger partial charge >= 0.3 is 0 Å². The van der Waals surface area contributed by atoms with Crippen LogP contribution in [0.15, 0.2) is 35.3 Å². The van der Waals surface area contributed by atoms with E-state index < -0.39 is 14.6 Å². The Balaban J connectivity index is 1.88. The molecule has 0 aliphatic carbocycles. The standard InChI is InChI=1S/C19H31N3O3S/c1-16(9-10-17-7-5-4-6-8-17)22-18(20-2)21-15-19(26(3,23)24)11-13-25-14-12-19/h4-8,16H,9-15H2,1-3H3,(H2,20,21,22). The summed E-state index contributed by atoms with van der Waals surface area (Å²) in [5.41, 5.74) is 1.31. The van der Waals surface area contributed by atoms with Crippen molar-refractivity contribution in [2.75, 3.05) is 33.1 Å². The van der Waals surface area contributed by atoms with E-state index in [2.05, 4.69) is 34.7 Å². The van der Waals surface area contributed by atoms with Gasteiger partial charge in [0.1, 0.15) is 0 Å². The zero-order chi connectivity index (χ0) is 19.0. The fourth-order valence-electron chi connectivity index (χ4n) is 3.19.